The number of benzene rings is 1. The first-order valence-electron chi connectivity index (χ1n) is 6.65. The van der Waals surface area contributed by atoms with Crippen molar-refractivity contribution in [2.24, 2.45) is 0 Å². The lowest BCUT2D eigenvalue weighted by Gasteiger charge is -2.38. The lowest BCUT2D eigenvalue weighted by molar-refractivity contribution is -0.149. The summed E-state index contributed by atoms with van der Waals surface area (Å²) in [5.41, 5.74) is 1.26. The van der Waals surface area contributed by atoms with Gasteiger partial charge in [-0.05, 0) is 25.5 Å². The Morgan fingerprint density at radius 3 is 2.10 bits per heavy atom. The van der Waals surface area contributed by atoms with E-state index in [1.165, 1.54) is 26.2 Å². The number of esters is 1. The number of amides is 1. The Labute approximate surface area is 123 Å². The molecule has 6 nitrogen and oxygen atoms in total. The van der Waals surface area contributed by atoms with E-state index in [4.69, 9.17) is 14.2 Å². The molecule has 21 heavy (non-hydrogen) atoms. The van der Waals surface area contributed by atoms with Gasteiger partial charge in [0.2, 0.25) is 0 Å². The van der Waals surface area contributed by atoms with E-state index in [0.29, 0.717) is 30.0 Å². The Balaban J connectivity index is 2.29. The Bertz CT molecular complexity index is 544. The van der Waals surface area contributed by atoms with Crippen molar-refractivity contribution >= 4 is 11.9 Å². The summed E-state index contributed by atoms with van der Waals surface area (Å²) in [4.78, 5) is 25.6. The maximum atomic E-state index is 12.5. The predicted octanol–water partition coefficient (Wildman–Crippen LogP) is 1.40. The summed E-state index contributed by atoms with van der Waals surface area (Å²) >= 11 is 0. The van der Waals surface area contributed by atoms with Gasteiger partial charge in [0.05, 0.1) is 21.3 Å². The summed E-state index contributed by atoms with van der Waals surface area (Å²) in [6.45, 7) is 2.39. The minimum absolute atomic E-state index is 0.228. The van der Waals surface area contributed by atoms with E-state index in [0.717, 1.165) is 5.56 Å². The number of hydrogen-bond donors (Lipinski definition) is 0. The van der Waals surface area contributed by atoms with Crippen molar-refractivity contribution in [1.29, 1.82) is 0 Å². The largest absolute Gasteiger partial charge is 0.496 e. The van der Waals surface area contributed by atoms with Crippen molar-refractivity contribution in [3.8, 4) is 11.5 Å². The number of likely N-dealkylation sites (tertiary alicyclic amines) is 1. The zero-order chi connectivity index (χ0) is 15.6. The quantitative estimate of drug-likeness (QED) is 0.785. The van der Waals surface area contributed by atoms with E-state index in [-0.39, 0.29) is 11.9 Å². The molecule has 114 valence electrons. The lowest BCUT2D eigenvalue weighted by Crippen LogP contribution is -2.55. The fraction of sp³-hybridized carbons (Fsp3) is 0.467. The van der Waals surface area contributed by atoms with Crippen LogP contribution in [-0.2, 0) is 9.53 Å². The molecule has 1 aliphatic rings. The van der Waals surface area contributed by atoms with Gasteiger partial charge in [-0.2, -0.15) is 0 Å². The summed E-state index contributed by atoms with van der Waals surface area (Å²) in [5, 5.41) is 0. The van der Waals surface area contributed by atoms with Crippen LogP contribution >= 0.6 is 0 Å². The zero-order valence-corrected chi connectivity index (χ0v) is 12.6. The van der Waals surface area contributed by atoms with Crippen molar-refractivity contribution in [1.82, 2.24) is 4.90 Å². The molecule has 0 aromatic heterocycles. The minimum Gasteiger partial charge on any atom is -0.496 e. The highest BCUT2D eigenvalue weighted by atomic mass is 16.5. The number of methoxy groups -OCH3 is 3. The molecule has 0 N–H and O–H groups in total. The smallest absolute Gasteiger partial charge is 0.328 e. The van der Waals surface area contributed by atoms with E-state index >= 15 is 0 Å². The summed E-state index contributed by atoms with van der Waals surface area (Å²) in [7, 11) is 4.40. The highest BCUT2D eigenvalue weighted by Gasteiger charge is 2.39. The molecule has 1 fully saturated rings. The van der Waals surface area contributed by atoms with Gasteiger partial charge in [0, 0.05) is 17.7 Å². The third-order valence-electron chi connectivity index (χ3n) is 3.75. The fourth-order valence-corrected chi connectivity index (χ4v) is 2.39. The van der Waals surface area contributed by atoms with Gasteiger partial charge < -0.3 is 19.1 Å². The Kier molecular flexibility index (Phi) is 4.35. The Morgan fingerprint density at radius 2 is 1.71 bits per heavy atom. The van der Waals surface area contributed by atoms with Gasteiger partial charge in [0.25, 0.3) is 5.91 Å². The summed E-state index contributed by atoms with van der Waals surface area (Å²) in [5.74, 6) is 0.537. The highest BCUT2D eigenvalue weighted by Crippen LogP contribution is 2.31. The van der Waals surface area contributed by atoms with Crippen molar-refractivity contribution < 1.29 is 23.8 Å². The van der Waals surface area contributed by atoms with Crippen molar-refractivity contribution in [3.05, 3.63) is 23.3 Å². The molecule has 0 spiro atoms. The van der Waals surface area contributed by atoms with Crippen LogP contribution < -0.4 is 9.47 Å². The van der Waals surface area contributed by atoms with Gasteiger partial charge >= 0.3 is 5.97 Å². The van der Waals surface area contributed by atoms with E-state index in [1.807, 2.05) is 6.92 Å². The number of hydrogen-bond acceptors (Lipinski definition) is 5. The van der Waals surface area contributed by atoms with E-state index in [1.54, 1.807) is 12.1 Å². The first kappa shape index (κ1) is 15.2. The lowest BCUT2D eigenvalue weighted by atomic mass is 10.0. The molecule has 0 radical (unpaired) electrons. The number of ether oxygens (including phenoxy) is 3. The SMILES string of the molecule is COC(=O)C1CCN1C(=O)c1cc(OC)c(C)c(OC)c1. The molecular weight excluding hydrogens is 274 g/mol. The molecule has 1 heterocycles. The van der Waals surface area contributed by atoms with Crippen molar-refractivity contribution in [3.63, 3.8) is 0 Å². The first-order valence-corrected chi connectivity index (χ1v) is 6.65. The van der Waals surface area contributed by atoms with Crippen LogP contribution in [0.15, 0.2) is 12.1 Å². The molecule has 2 rings (SSSR count). The van der Waals surface area contributed by atoms with Crippen LogP contribution in [0.1, 0.15) is 22.3 Å². The van der Waals surface area contributed by atoms with Crippen LogP contribution in [0.4, 0.5) is 0 Å². The molecule has 1 saturated heterocycles. The van der Waals surface area contributed by atoms with Crippen LogP contribution in [0, 0.1) is 6.92 Å². The predicted molar refractivity (Wildman–Crippen MR) is 75.7 cm³/mol. The van der Waals surface area contributed by atoms with E-state index < -0.39 is 6.04 Å². The summed E-state index contributed by atoms with van der Waals surface area (Å²) < 4.78 is 15.2. The normalized spacial score (nSPS) is 17.0. The molecule has 1 unspecified atom stereocenters. The third kappa shape index (κ3) is 2.66. The molecule has 0 saturated carbocycles. The molecule has 1 amide bonds. The molecule has 0 bridgehead atoms. The molecule has 6 heteroatoms. The van der Waals surface area contributed by atoms with Gasteiger partial charge in [-0.1, -0.05) is 0 Å². The number of rotatable bonds is 4. The van der Waals surface area contributed by atoms with Crippen LogP contribution in [0.3, 0.4) is 0 Å². The van der Waals surface area contributed by atoms with Crippen LogP contribution in [0.25, 0.3) is 0 Å². The second-order valence-electron chi connectivity index (χ2n) is 4.83. The maximum absolute atomic E-state index is 12.5. The average Bonchev–Trinajstić information content (AvgIpc) is 2.45. The summed E-state index contributed by atoms with van der Waals surface area (Å²) in [6, 6.07) is 2.82. The Hall–Kier alpha value is -2.24. The van der Waals surface area contributed by atoms with E-state index in [2.05, 4.69) is 0 Å². The zero-order valence-electron chi connectivity index (χ0n) is 12.6. The molecule has 1 aromatic carbocycles. The fourth-order valence-electron chi connectivity index (χ4n) is 2.39. The third-order valence-corrected chi connectivity index (χ3v) is 3.75. The van der Waals surface area contributed by atoms with Crippen molar-refractivity contribution in [2.75, 3.05) is 27.9 Å². The van der Waals surface area contributed by atoms with Crippen LogP contribution in [0.2, 0.25) is 0 Å². The minimum atomic E-state index is -0.499. The highest BCUT2D eigenvalue weighted by molar-refractivity contribution is 5.98. The average molecular weight is 293 g/mol. The summed E-state index contributed by atoms with van der Waals surface area (Å²) in [6.07, 6.45) is 0.624. The number of carbonyl (C=O) groups excluding carboxylic acids is 2. The topological polar surface area (TPSA) is 65.1 Å². The van der Waals surface area contributed by atoms with Gasteiger partial charge in [-0.3, -0.25) is 4.79 Å². The number of nitrogens with zero attached hydrogens (tertiary/aromatic N) is 1. The van der Waals surface area contributed by atoms with Gasteiger partial charge in [0.1, 0.15) is 17.5 Å². The molecule has 1 aromatic rings. The monoisotopic (exact) mass is 293 g/mol. The number of carbonyl (C=O) groups is 2. The van der Waals surface area contributed by atoms with Gasteiger partial charge in [0.15, 0.2) is 0 Å². The Morgan fingerprint density at radius 1 is 1.14 bits per heavy atom. The first-order chi connectivity index (χ1) is 10.0. The second-order valence-corrected chi connectivity index (χ2v) is 4.83. The van der Waals surface area contributed by atoms with Crippen LogP contribution in [-0.4, -0.2) is 50.7 Å². The van der Waals surface area contributed by atoms with Gasteiger partial charge in [-0.25, -0.2) is 4.79 Å². The molecular formula is C15H19NO5. The molecule has 1 atom stereocenters. The van der Waals surface area contributed by atoms with Crippen molar-refractivity contribution in [2.45, 2.75) is 19.4 Å². The second kappa shape index (κ2) is 6.03. The van der Waals surface area contributed by atoms with E-state index in [9.17, 15) is 9.59 Å². The van der Waals surface area contributed by atoms with Crippen LogP contribution in [0.5, 0.6) is 11.5 Å². The standard InChI is InChI=1S/C15H19NO5/c1-9-12(19-2)7-10(8-13(9)20-3)14(17)16-6-5-11(16)15(18)21-4/h7-8,11H,5-6H2,1-4H3. The van der Waals surface area contributed by atoms with Gasteiger partial charge in [-0.15, -0.1) is 0 Å². The maximum Gasteiger partial charge on any atom is 0.328 e. The molecule has 0 aliphatic carbocycles. The molecule has 1 aliphatic heterocycles.